The molecule has 0 spiro atoms. The van der Waals surface area contributed by atoms with Crippen molar-refractivity contribution in [2.45, 2.75) is 85.5 Å². The van der Waals surface area contributed by atoms with Gasteiger partial charge in [0, 0.05) is 66.1 Å². The molecule has 2 unspecified atom stereocenters. The number of pyridine rings is 1. The van der Waals surface area contributed by atoms with Crippen LogP contribution in [-0.2, 0) is 22.7 Å². The summed E-state index contributed by atoms with van der Waals surface area (Å²) >= 11 is 0. The minimum atomic E-state index is -0.661. The first-order valence-corrected chi connectivity index (χ1v) is 16.1. The molecule has 3 amide bonds. The summed E-state index contributed by atoms with van der Waals surface area (Å²) in [6.45, 7) is 15.2. The minimum absolute atomic E-state index is 0.0936. The normalized spacial score (nSPS) is 16.8. The summed E-state index contributed by atoms with van der Waals surface area (Å²) in [5.74, 6) is -0.966. The van der Waals surface area contributed by atoms with Gasteiger partial charge in [-0.05, 0) is 61.8 Å². The molecule has 242 valence electrons. The smallest absolute Gasteiger partial charge is 0.255 e. The maximum Gasteiger partial charge on any atom is 0.255 e. The van der Waals surface area contributed by atoms with Crippen molar-refractivity contribution in [1.29, 1.82) is 5.26 Å². The highest BCUT2D eigenvalue weighted by Crippen LogP contribution is 2.29. The Morgan fingerprint density at radius 1 is 1.28 bits per heavy atom. The molecule has 11 heteroatoms. The largest absolute Gasteiger partial charge is 0.404 e. The molecule has 0 bridgehead atoms. The number of nitrogens with two attached hydrogens (primary N) is 1. The molecule has 2 aliphatic rings. The van der Waals surface area contributed by atoms with Gasteiger partial charge in [-0.15, -0.1) is 9.24 Å². The van der Waals surface area contributed by atoms with Gasteiger partial charge < -0.3 is 16.0 Å². The van der Waals surface area contributed by atoms with Crippen LogP contribution in [0.25, 0.3) is 5.57 Å². The summed E-state index contributed by atoms with van der Waals surface area (Å²) in [6.07, 6.45) is 8.04. The maximum absolute atomic E-state index is 13.0. The number of hydrogen-bond donors (Lipinski definition) is 3. The van der Waals surface area contributed by atoms with Crippen molar-refractivity contribution in [3.63, 3.8) is 0 Å². The molecule has 0 radical (unpaired) electrons. The first-order valence-electron chi connectivity index (χ1n) is 15.5. The highest BCUT2D eigenvalue weighted by molar-refractivity contribution is 7.27. The van der Waals surface area contributed by atoms with Gasteiger partial charge in [-0.25, -0.2) is 0 Å². The molecule has 3 heterocycles. The molecule has 4 N–H and O–H groups in total. The number of benzene rings is 1. The lowest BCUT2D eigenvalue weighted by molar-refractivity contribution is -0.136. The summed E-state index contributed by atoms with van der Waals surface area (Å²) in [4.78, 5) is 47.6. The summed E-state index contributed by atoms with van der Waals surface area (Å²) < 4.78 is 0. The molecule has 4 rings (SSSR count). The zero-order valence-electron chi connectivity index (χ0n) is 27.3. The second-order valence-corrected chi connectivity index (χ2v) is 12.1. The lowest BCUT2D eigenvalue weighted by Crippen LogP contribution is -2.52. The Labute approximate surface area is 274 Å². The second-order valence-electron chi connectivity index (χ2n) is 11.5. The predicted molar refractivity (Wildman–Crippen MR) is 186 cm³/mol. The molecule has 10 nitrogen and oxygen atoms in total. The van der Waals surface area contributed by atoms with Gasteiger partial charge in [0.2, 0.25) is 11.8 Å². The van der Waals surface area contributed by atoms with Gasteiger partial charge in [0.25, 0.3) is 5.91 Å². The third kappa shape index (κ3) is 8.98. The molecule has 46 heavy (non-hydrogen) atoms. The number of hydrogen-bond acceptors (Lipinski definition) is 8. The number of piperidine rings is 1. The average molecular weight is 642 g/mol. The molecular formula is C35H44N7O3P. The molecule has 0 saturated carbocycles. The lowest BCUT2D eigenvalue weighted by Gasteiger charge is -2.29. The van der Waals surface area contributed by atoms with E-state index in [4.69, 9.17) is 5.73 Å². The van der Waals surface area contributed by atoms with E-state index in [0.717, 1.165) is 22.1 Å². The van der Waals surface area contributed by atoms with Crippen LogP contribution in [0.3, 0.4) is 0 Å². The Bertz CT molecular complexity index is 1630. The van der Waals surface area contributed by atoms with Gasteiger partial charge in [-0.3, -0.25) is 29.7 Å². The monoisotopic (exact) mass is 641 g/mol. The number of unbranched alkanes of at least 4 members (excludes halogenated alkanes) is 1. The minimum Gasteiger partial charge on any atom is -0.404 e. The van der Waals surface area contributed by atoms with E-state index in [1.54, 1.807) is 12.1 Å². The highest BCUT2D eigenvalue weighted by atomic mass is 31.0. The number of amides is 3. The maximum atomic E-state index is 13.0. The number of aliphatic imine (C=N–C) groups is 1. The fourth-order valence-corrected chi connectivity index (χ4v) is 5.50. The fraction of sp³-hybridized carbons (Fsp3) is 0.371. The number of allylic oxidation sites excluding steroid dienone is 2. The predicted octanol–water partition coefficient (Wildman–Crippen LogP) is 4.42. The Kier molecular flexibility index (Phi) is 13.0. The standard InChI is InChI=1S/C31H34N7O3P.C4H10/c1-17(2)36-18(3)9-24(29-27(42)11-21(12-32)15-35-29)25(13-33)19(4)34-14-20-5-6-23-22(10-20)16-38(31(23)41)26-7-8-28(39)37-30(26)40;1-3-4-2/h5-6,9-11,13,15,17,26,34H,4,7-8,14,16,33,42H2,1-3H3,(H,37,39,40);3-4H2,1-2H3/b24-9+,25-13+,36-18?;. The number of imide groups is 1. The van der Waals surface area contributed by atoms with Gasteiger partial charge in [0.05, 0.1) is 11.3 Å². The number of fused-ring (bicyclic) bond motifs is 1. The van der Waals surface area contributed by atoms with E-state index in [9.17, 15) is 19.6 Å². The second kappa shape index (κ2) is 16.6. The number of aromatic nitrogens is 1. The summed E-state index contributed by atoms with van der Waals surface area (Å²) in [6, 6.07) is 8.84. The summed E-state index contributed by atoms with van der Waals surface area (Å²) in [5.41, 5.74) is 12.1. The van der Waals surface area contributed by atoms with Crippen LogP contribution in [0.2, 0.25) is 0 Å². The van der Waals surface area contributed by atoms with Crippen LogP contribution >= 0.6 is 9.24 Å². The van der Waals surface area contributed by atoms with Crippen molar-refractivity contribution in [3.8, 4) is 6.07 Å². The van der Waals surface area contributed by atoms with Crippen molar-refractivity contribution in [1.82, 2.24) is 20.5 Å². The first-order chi connectivity index (χ1) is 21.9. The van der Waals surface area contributed by atoms with Crippen LogP contribution in [-0.4, -0.2) is 45.4 Å². The number of nitrogens with one attached hydrogen (secondary N) is 2. The van der Waals surface area contributed by atoms with E-state index in [1.807, 2.05) is 39.0 Å². The van der Waals surface area contributed by atoms with Gasteiger partial charge in [0.1, 0.15) is 12.1 Å². The quantitative estimate of drug-likeness (QED) is 0.150. The average Bonchev–Trinajstić information content (AvgIpc) is 3.34. The van der Waals surface area contributed by atoms with E-state index in [2.05, 4.69) is 56.3 Å². The van der Waals surface area contributed by atoms with Crippen LogP contribution < -0.4 is 21.7 Å². The summed E-state index contributed by atoms with van der Waals surface area (Å²) in [7, 11) is 2.62. The van der Waals surface area contributed by atoms with Crippen molar-refractivity contribution < 1.29 is 14.4 Å². The number of nitrogens with zero attached hydrogens (tertiary/aromatic N) is 4. The first kappa shape index (κ1) is 35.9. The number of carbonyl (C=O) groups excluding carboxylic acids is 3. The number of rotatable bonds is 10. The zero-order chi connectivity index (χ0) is 34.0. The molecule has 0 aliphatic carbocycles. The summed E-state index contributed by atoms with van der Waals surface area (Å²) in [5, 5.41) is 15.7. The zero-order valence-corrected chi connectivity index (χ0v) is 28.5. The molecule has 2 aromatic rings. The van der Waals surface area contributed by atoms with E-state index < -0.39 is 11.9 Å². The Hall–Kier alpha value is -4.61. The molecule has 1 aromatic carbocycles. The molecule has 1 aromatic heterocycles. The van der Waals surface area contributed by atoms with Crippen LogP contribution in [0.1, 0.15) is 93.0 Å². The van der Waals surface area contributed by atoms with Gasteiger partial charge in [0.15, 0.2) is 0 Å². The molecule has 1 fully saturated rings. The van der Waals surface area contributed by atoms with Crippen LogP contribution in [0, 0.1) is 11.3 Å². The Morgan fingerprint density at radius 3 is 2.59 bits per heavy atom. The third-order valence-electron chi connectivity index (χ3n) is 7.49. The van der Waals surface area contributed by atoms with E-state index >= 15 is 0 Å². The van der Waals surface area contributed by atoms with E-state index in [-0.39, 0.29) is 24.3 Å². The Morgan fingerprint density at radius 2 is 2.00 bits per heavy atom. The molecule has 2 atom stereocenters. The van der Waals surface area contributed by atoms with Crippen molar-refractivity contribution in [2.75, 3.05) is 0 Å². The van der Waals surface area contributed by atoms with Gasteiger partial charge >= 0.3 is 0 Å². The SMILES string of the molecule is C=C(NCc1ccc2c(c1)CN(C1CCC(=O)NC1=O)C2=O)C(=C\N)/C(=C\C(C)=NC(C)C)c1ncc(C#N)cc1P.CCCC. The number of nitriles is 1. The lowest BCUT2D eigenvalue weighted by atomic mass is 9.98. The van der Waals surface area contributed by atoms with Crippen LogP contribution in [0.5, 0.6) is 0 Å². The van der Waals surface area contributed by atoms with Crippen molar-refractivity contribution in [3.05, 3.63) is 88.5 Å². The van der Waals surface area contributed by atoms with Crippen molar-refractivity contribution >= 4 is 43.6 Å². The van der Waals surface area contributed by atoms with Gasteiger partial charge in [-0.1, -0.05) is 45.4 Å². The third-order valence-corrected chi connectivity index (χ3v) is 7.93. The number of carbonyl (C=O) groups is 3. The van der Waals surface area contributed by atoms with Crippen molar-refractivity contribution in [2.24, 2.45) is 10.7 Å². The Balaban J connectivity index is 0.00000136. The fourth-order valence-electron chi connectivity index (χ4n) is 5.09. The molecule has 2 aliphatic heterocycles. The van der Waals surface area contributed by atoms with E-state index in [0.29, 0.717) is 53.2 Å². The molecular weight excluding hydrogens is 597 g/mol. The highest BCUT2D eigenvalue weighted by Gasteiger charge is 2.39. The van der Waals surface area contributed by atoms with E-state index in [1.165, 1.54) is 30.1 Å². The molecule has 1 saturated heterocycles. The topological polar surface area (TPSA) is 154 Å². The van der Waals surface area contributed by atoms with Crippen LogP contribution in [0.15, 0.2) is 65.6 Å². The van der Waals surface area contributed by atoms with Gasteiger partial charge in [-0.2, -0.15) is 5.26 Å². The van der Waals surface area contributed by atoms with Crippen LogP contribution in [0.4, 0.5) is 0 Å².